The molecule has 1 aliphatic heterocycles. The van der Waals surface area contributed by atoms with E-state index in [4.69, 9.17) is 9.97 Å². The highest BCUT2D eigenvalue weighted by molar-refractivity contribution is 7.90. The number of piperazine rings is 1. The lowest BCUT2D eigenvalue weighted by atomic mass is 9.84. The Bertz CT molecular complexity index is 1770. The molecule has 11 nitrogen and oxygen atoms in total. The molecule has 42 heavy (non-hydrogen) atoms. The molecule has 4 aromatic heterocycles. The van der Waals surface area contributed by atoms with Crippen molar-refractivity contribution >= 4 is 38.4 Å². The van der Waals surface area contributed by atoms with Crippen molar-refractivity contribution in [2.24, 2.45) is 5.92 Å². The third-order valence-electron chi connectivity index (χ3n) is 7.83. The summed E-state index contributed by atoms with van der Waals surface area (Å²) in [6.45, 7) is 3.04. The maximum atomic E-state index is 12.6. The summed E-state index contributed by atoms with van der Waals surface area (Å²) in [5, 5.41) is 3.61. The molecule has 2 aliphatic rings. The Kier molecular flexibility index (Phi) is 7.55. The molecule has 0 atom stereocenters. The number of rotatable bonds is 7. The van der Waals surface area contributed by atoms with Crippen LogP contribution >= 0.6 is 0 Å². The average molecular weight is 586 g/mol. The minimum absolute atomic E-state index is 0.0188. The quantitative estimate of drug-likeness (QED) is 0.347. The largest absolute Gasteiger partial charge is 0.353 e. The van der Waals surface area contributed by atoms with Crippen molar-refractivity contribution in [3.8, 4) is 11.4 Å². The van der Waals surface area contributed by atoms with Crippen LogP contribution in [0.15, 0.2) is 66.0 Å². The van der Waals surface area contributed by atoms with Gasteiger partial charge in [0.2, 0.25) is 5.91 Å². The van der Waals surface area contributed by atoms with Gasteiger partial charge >= 0.3 is 0 Å². The van der Waals surface area contributed by atoms with Crippen molar-refractivity contribution in [3.63, 3.8) is 0 Å². The summed E-state index contributed by atoms with van der Waals surface area (Å²) in [4.78, 5) is 47.4. The van der Waals surface area contributed by atoms with Crippen LogP contribution in [-0.2, 0) is 21.2 Å². The molecule has 6 rings (SSSR count). The van der Waals surface area contributed by atoms with Crippen LogP contribution in [0.25, 0.3) is 22.3 Å². The molecule has 1 aliphatic carbocycles. The Morgan fingerprint density at radius 1 is 0.952 bits per heavy atom. The lowest BCUT2D eigenvalue weighted by Crippen LogP contribution is -2.51. The van der Waals surface area contributed by atoms with Crippen LogP contribution in [0, 0.1) is 5.92 Å². The van der Waals surface area contributed by atoms with Gasteiger partial charge in [0.15, 0.2) is 9.84 Å². The number of nitrogens with one attached hydrogen (secondary N) is 1. The molecule has 1 saturated heterocycles. The van der Waals surface area contributed by atoms with E-state index in [9.17, 15) is 18.0 Å². The SMILES string of the molecule is CS(=O)(=O)c1cncc(C(=O)NCc2cc3nc(-c4cccc(N5CCN(C(=O)C6CCC6)CC5)n4)ccc3cn2)c1. The van der Waals surface area contributed by atoms with Gasteiger partial charge in [-0.25, -0.2) is 18.4 Å². The molecule has 2 fully saturated rings. The van der Waals surface area contributed by atoms with Gasteiger partial charge in [-0.2, -0.15) is 0 Å². The normalized spacial score (nSPS) is 15.8. The second-order valence-electron chi connectivity index (χ2n) is 10.8. The molecule has 1 saturated carbocycles. The number of hydrogen-bond donors (Lipinski definition) is 1. The van der Waals surface area contributed by atoms with Crippen molar-refractivity contribution in [1.82, 2.24) is 30.2 Å². The third-order valence-corrected chi connectivity index (χ3v) is 8.91. The van der Waals surface area contributed by atoms with E-state index in [1.165, 1.54) is 18.5 Å². The van der Waals surface area contributed by atoms with Crippen LogP contribution in [0.1, 0.15) is 35.3 Å². The molecule has 0 bridgehead atoms. The zero-order valence-corrected chi connectivity index (χ0v) is 24.0. The summed E-state index contributed by atoms with van der Waals surface area (Å²) in [6.07, 6.45) is 8.50. The minimum atomic E-state index is -3.48. The van der Waals surface area contributed by atoms with Gasteiger partial charge in [0, 0.05) is 62.3 Å². The molecule has 216 valence electrons. The molecular formula is C30H31N7O4S. The maximum absolute atomic E-state index is 12.6. The van der Waals surface area contributed by atoms with E-state index in [0.717, 1.165) is 55.5 Å². The Morgan fingerprint density at radius 3 is 2.48 bits per heavy atom. The van der Waals surface area contributed by atoms with E-state index in [2.05, 4.69) is 20.2 Å². The van der Waals surface area contributed by atoms with Crippen LogP contribution < -0.4 is 10.2 Å². The van der Waals surface area contributed by atoms with Gasteiger partial charge in [0.05, 0.1) is 39.6 Å². The van der Waals surface area contributed by atoms with E-state index in [1.807, 2.05) is 41.3 Å². The second kappa shape index (κ2) is 11.4. The zero-order chi connectivity index (χ0) is 29.3. The van der Waals surface area contributed by atoms with Gasteiger partial charge in [-0.3, -0.25) is 19.6 Å². The number of pyridine rings is 4. The summed E-state index contributed by atoms with van der Waals surface area (Å²) in [7, 11) is -3.48. The Hall–Kier alpha value is -4.45. The van der Waals surface area contributed by atoms with Crippen molar-refractivity contribution in [3.05, 3.63) is 72.3 Å². The van der Waals surface area contributed by atoms with Gasteiger partial charge in [-0.05, 0) is 49.2 Å². The van der Waals surface area contributed by atoms with E-state index < -0.39 is 15.7 Å². The second-order valence-corrected chi connectivity index (χ2v) is 12.8. The average Bonchev–Trinajstić information content (AvgIpc) is 2.98. The number of carbonyl (C=O) groups is 2. The molecule has 0 radical (unpaired) electrons. The molecule has 0 aromatic carbocycles. The molecule has 5 heterocycles. The van der Waals surface area contributed by atoms with Crippen LogP contribution in [-0.4, -0.2) is 77.5 Å². The van der Waals surface area contributed by atoms with E-state index >= 15 is 0 Å². The highest BCUT2D eigenvalue weighted by Gasteiger charge is 2.31. The maximum Gasteiger partial charge on any atom is 0.253 e. The van der Waals surface area contributed by atoms with Gasteiger partial charge in [0.1, 0.15) is 5.82 Å². The molecule has 0 spiro atoms. The number of hydrogen-bond acceptors (Lipinski definition) is 9. The van der Waals surface area contributed by atoms with Crippen LogP contribution in [0.4, 0.5) is 5.82 Å². The topological polar surface area (TPSA) is 138 Å². The number of nitrogens with zero attached hydrogens (tertiary/aromatic N) is 6. The summed E-state index contributed by atoms with van der Waals surface area (Å²) >= 11 is 0. The smallest absolute Gasteiger partial charge is 0.253 e. The zero-order valence-electron chi connectivity index (χ0n) is 23.2. The molecule has 1 N–H and O–H groups in total. The fraction of sp³-hybridized carbons (Fsp3) is 0.333. The first-order valence-electron chi connectivity index (χ1n) is 13.9. The Morgan fingerprint density at radius 2 is 1.74 bits per heavy atom. The minimum Gasteiger partial charge on any atom is -0.353 e. The van der Waals surface area contributed by atoms with Gasteiger partial charge in [-0.15, -0.1) is 0 Å². The highest BCUT2D eigenvalue weighted by atomic mass is 32.2. The standard InChI is InChI=1S/C30H31N7O4S/c1-42(40,41)24-14-22(16-31-19-24)29(38)33-18-23-15-27-21(17-32-23)8-9-26(34-27)25-6-3-7-28(35-25)36-10-12-37(13-11-36)30(39)20-4-2-5-20/h3,6-9,14-17,19-20H,2,4-5,10-13,18H2,1H3,(H,33,38). The third kappa shape index (κ3) is 5.94. The summed E-state index contributed by atoms with van der Waals surface area (Å²) < 4.78 is 23.6. The van der Waals surface area contributed by atoms with Gasteiger partial charge in [-0.1, -0.05) is 12.5 Å². The monoisotopic (exact) mass is 585 g/mol. The lowest BCUT2D eigenvalue weighted by Gasteiger charge is -2.38. The lowest BCUT2D eigenvalue weighted by molar-refractivity contribution is -0.138. The summed E-state index contributed by atoms with van der Waals surface area (Å²) in [5.41, 5.74) is 2.92. The number of sulfone groups is 1. The predicted octanol–water partition coefficient (Wildman–Crippen LogP) is 2.87. The Balaban J connectivity index is 1.13. The fourth-order valence-electron chi connectivity index (χ4n) is 5.13. The van der Waals surface area contributed by atoms with Crippen LogP contribution in [0.3, 0.4) is 0 Å². The first kappa shape index (κ1) is 27.7. The van der Waals surface area contributed by atoms with E-state index in [1.54, 1.807) is 6.20 Å². The highest BCUT2D eigenvalue weighted by Crippen LogP contribution is 2.29. The Labute approximate surface area is 243 Å². The first-order chi connectivity index (χ1) is 20.2. The van der Waals surface area contributed by atoms with Crippen molar-refractivity contribution < 1.29 is 18.0 Å². The molecule has 2 amide bonds. The number of aromatic nitrogens is 4. The van der Waals surface area contributed by atoms with E-state index in [-0.39, 0.29) is 22.9 Å². The van der Waals surface area contributed by atoms with Crippen molar-refractivity contribution in [1.29, 1.82) is 0 Å². The van der Waals surface area contributed by atoms with Crippen LogP contribution in [0.2, 0.25) is 0 Å². The number of carbonyl (C=O) groups excluding carboxylic acids is 2. The van der Waals surface area contributed by atoms with E-state index in [0.29, 0.717) is 35.9 Å². The van der Waals surface area contributed by atoms with Gasteiger partial charge in [0.25, 0.3) is 5.91 Å². The molecule has 0 unspecified atom stereocenters. The number of fused-ring (bicyclic) bond motifs is 1. The first-order valence-corrected chi connectivity index (χ1v) is 15.8. The predicted molar refractivity (Wildman–Crippen MR) is 157 cm³/mol. The van der Waals surface area contributed by atoms with Gasteiger partial charge < -0.3 is 15.1 Å². The number of anilines is 1. The number of amides is 2. The molecular weight excluding hydrogens is 554 g/mol. The van der Waals surface area contributed by atoms with Crippen LogP contribution in [0.5, 0.6) is 0 Å². The summed E-state index contributed by atoms with van der Waals surface area (Å²) in [6, 6.07) is 12.8. The summed E-state index contributed by atoms with van der Waals surface area (Å²) in [5.74, 6) is 0.929. The molecule has 12 heteroatoms. The van der Waals surface area contributed by atoms with Crippen molar-refractivity contribution in [2.75, 3.05) is 37.3 Å². The fourth-order valence-corrected chi connectivity index (χ4v) is 5.72. The molecule has 4 aromatic rings. The van der Waals surface area contributed by atoms with Crippen molar-refractivity contribution in [2.45, 2.75) is 30.7 Å².